The number of hydrogen-bond donors (Lipinski definition) is 2. The second-order valence-electron chi connectivity index (χ2n) is 4.72. The van der Waals surface area contributed by atoms with Crippen molar-refractivity contribution < 1.29 is 8.42 Å². The van der Waals surface area contributed by atoms with Gasteiger partial charge in [-0.25, -0.2) is 8.42 Å². The first-order valence-electron chi connectivity index (χ1n) is 6.03. The second kappa shape index (κ2) is 5.35. The van der Waals surface area contributed by atoms with Crippen LogP contribution in [0.5, 0.6) is 0 Å². The lowest BCUT2D eigenvalue weighted by atomic mass is 9.96. The van der Waals surface area contributed by atoms with E-state index in [1.54, 1.807) is 6.08 Å². The lowest BCUT2D eigenvalue weighted by Gasteiger charge is -2.25. The summed E-state index contributed by atoms with van der Waals surface area (Å²) in [5.74, 6) is 0.111. The minimum Gasteiger partial charge on any atom is -0.360 e. The van der Waals surface area contributed by atoms with E-state index < -0.39 is 9.84 Å². The van der Waals surface area contributed by atoms with E-state index in [2.05, 4.69) is 10.6 Å². The van der Waals surface area contributed by atoms with E-state index in [0.29, 0.717) is 11.2 Å². The summed E-state index contributed by atoms with van der Waals surface area (Å²) in [6, 6.07) is 0.273. The van der Waals surface area contributed by atoms with Crippen molar-refractivity contribution in [1.29, 1.82) is 0 Å². The van der Waals surface area contributed by atoms with Crippen molar-refractivity contribution in [3.63, 3.8) is 0 Å². The van der Waals surface area contributed by atoms with Gasteiger partial charge in [-0.1, -0.05) is 19.3 Å². The van der Waals surface area contributed by atoms with E-state index in [-0.39, 0.29) is 11.8 Å². The van der Waals surface area contributed by atoms with Gasteiger partial charge in [-0.05, 0) is 31.1 Å². The SMILES string of the molecule is O=S1(=O)C=C[C@@H](NC(=S)NC2CCCCC2)C1. The maximum Gasteiger partial charge on any atom is 0.173 e. The molecule has 2 aliphatic rings. The zero-order valence-corrected chi connectivity index (χ0v) is 11.3. The maximum absolute atomic E-state index is 11.2. The third-order valence-electron chi connectivity index (χ3n) is 3.19. The second-order valence-corrected chi connectivity index (χ2v) is 7.06. The average Bonchev–Trinajstić information content (AvgIpc) is 2.59. The van der Waals surface area contributed by atoms with Gasteiger partial charge in [0.1, 0.15) is 0 Å². The Kier molecular flexibility index (Phi) is 4.04. The van der Waals surface area contributed by atoms with Gasteiger partial charge in [0.25, 0.3) is 0 Å². The fourth-order valence-corrected chi connectivity index (χ4v) is 3.86. The molecule has 17 heavy (non-hydrogen) atoms. The smallest absolute Gasteiger partial charge is 0.173 e. The molecule has 6 heteroatoms. The third-order valence-corrected chi connectivity index (χ3v) is 4.82. The first-order valence-corrected chi connectivity index (χ1v) is 8.15. The Balaban J connectivity index is 1.76. The minimum absolute atomic E-state index is 0.111. The van der Waals surface area contributed by atoms with E-state index in [1.165, 1.54) is 24.7 Å². The molecule has 0 aromatic heterocycles. The summed E-state index contributed by atoms with van der Waals surface area (Å²) in [6.45, 7) is 0. The summed E-state index contributed by atoms with van der Waals surface area (Å²) in [5, 5.41) is 8.13. The Morgan fingerprint density at radius 3 is 2.47 bits per heavy atom. The van der Waals surface area contributed by atoms with Crippen LogP contribution in [0.25, 0.3) is 0 Å². The van der Waals surface area contributed by atoms with Gasteiger partial charge in [0.2, 0.25) is 0 Å². The summed E-state index contributed by atoms with van der Waals surface area (Å²) in [5.41, 5.74) is 0. The maximum atomic E-state index is 11.2. The third kappa shape index (κ3) is 3.96. The van der Waals surface area contributed by atoms with E-state index in [0.717, 1.165) is 12.8 Å². The standard InChI is InChI=1S/C11H18N2O2S2/c14-17(15)7-6-10(8-17)13-11(16)12-9-4-2-1-3-5-9/h6-7,9-10H,1-5,8H2,(H2,12,13,16)/t10-/m1/s1. The van der Waals surface area contributed by atoms with Crippen molar-refractivity contribution in [2.45, 2.75) is 44.2 Å². The first-order chi connectivity index (χ1) is 8.05. The Morgan fingerprint density at radius 2 is 1.88 bits per heavy atom. The summed E-state index contributed by atoms with van der Waals surface area (Å²) >= 11 is 5.20. The van der Waals surface area contributed by atoms with Gasteiger partial charge in [0, 0.05) is 11.4 Å². The van der Waals surface area contributed by atoms with Crippen LogP contribution in [0.2, 0.25) is 0 Å². The van der Waals surface area contributed by atoms with Gasteiger partial charge in [0.05, 0.1) is 11.8 Å². The molecule has 1 aliphatic carbocycles. The van der Waals surface area contributed by atoms with Gasteiger partial charge in [-0.2, -0.15) is 0 Å². The molecule has 0 saturated heterocycles. The zero-order valence-electron chi connectivity index (χ0n) is 9.69. The van der Waals surface area contributed by atoms with Crippen molar-refractivity contribution in [3.8, 4) is 0 Å². The largest absolute Gasteiger partial charge is 0.360 e. The van der Waals surface area contributed by atoms with Gasteiger partial charge in [-0.15, -0.1) is 0 Å². The summed E-state index contributed by atoms with van der Waals surface area (Å²) in [6.07, 6.45) is 7.77. The van der Waals surface area contributed by atoms with Gasteiger partial charge >= 0.3 is 0 Å². The number of rotatable bonds is 2. The molecule has 0 amide bonds. The summed E-state index contributed by atoms with van der Waals surface area (Å²) in [4.78, 5) is 0. The molecule has 2 N–H and O–H groups in total. The number of thiocarbonyl (C=S) groups is 1. The fraction of sp³-hybridized carbons (Fsp3) is 0.727. The molecule has 0 aromatic carbocycles. The Labute approximate surface area is 108 Å². The fourth-order valence-electron chi connectivity index (χ4n) is 2.31. The van der Waals surface area contributed by atoms with Crippen LogP contribution in [-0.2, 0) is 9.84 Å². The van der Waals surface area contributed by atoms with Crippen molar-refractivity contribution >= 4 is 27.2 Å². The van der Waals surface area contributed by atoms with Crippen molar-refractivity contribution in [2.24, 2.45) is 0 Å². The summed E-state index contributed by atoms with van der Waals surface area (Å²) < 4.78 is 22.4. The summed E-state index contributed by atoms with van der Waals surface area (Å²) in [7, 11) is -3.00. The predicted octanol–water partition coefficient (Wildman–Crippen LogP) is 1.09. The highest BCUT2D eigenvalue weighted by molar-refractivity contribution is 7.94. The van der Waals surface area contributed by atoms with Gasteiger partial charge in [0.15, 0.2) is 14.9 Å². The van der Waals surface area contributed by atoms with E-state index in [4.69, 9.17) is 12.2 Å². The molecule has 0 aromatic rings. The Hall–Kier alpha value is -0.620. The predicted molar refractivity (Wildman–Crippen MR) is 72.5 cm³/mol. The molecule has 1 fully saturated rings. The topological polar surface area (TPSA) is 58.2 Å². The minimum atomic E-state index is -3.00. The number of hydrogen-bond acceptors (Lipinski definition) is 3. The zero-order chi connectivity index (χ0) is 12.3. The van der Waals surface area contributed by atoms with Crippen LogP contribution in [0, 0.1) is 0 Å². The van der Waals surface area contributed by atoms with Crippen LogP contribution in [-0.4, -0.2) is 31.4 Å². The van der Waals surface area contributed by atoms with E-state index in [9.17, 15) is 8.42 Å². The molecular formula is C11H18N2O2S2. The van der Waals surface area contributed by atoms with Crippen LogP contribution in [0.1, 0.15) is 32.1 Å². The van der Waals surface area contributed by atoms with E-state index >= 15 is 0 Å². The van der Waals surface area contributed by atoms with Crippen LogP contribution < -0.4 is 10.6 Å². The van der Waals surface area contributed by atoms with E-state index in [1.807, 2.05) is 0 Å². The number of sulfone groups is 1. The Morgan fingerprint density at radius 1 is 1.18 bits per heavy atom. The highest BCUT2D eigenvalue weighted by Crippen LogP contribution is 2.17. The quantitative estimate of drug-likeness (QED) is 0.738. The Bertz CT molecular complexity index is 411. The molecule has 0 radical (unpaired) electrons. The number of nitrogens with one attached hydrogen (secondary N) is 2. The molecule has 4 nitrogen and oxygen atoms in total. The molecule has 0 spiro atoms. The molecule has 1 saturated carbocycles. The van der Waals surface area contributed by atoms with Crippen molar-refractivity contribution in [2.75, 3.05) is 5.75 Å². The highest BCUT2D eigenvalue weighted by Gasteiger charge is 2.22. The molecule has 1 heterocycles. The average molecular weight is 274 g/mol. The molecule has 0 bridgehead atoms. The lowest BCUT2D eigenvalue weighted by molar-refractivity contribution is 0.411. The molecular weight excluding hydrogens is 256 g/mol. The van der Waals surface area contributed by atoms with Crippen LogP contribution in [0.4, 0.5) is 0 Å². The van der Waals surface area contributed by atoms with Crippen molar-refractivity contribution in [3.05, 3.63) is 11.5 Å². The molecule has 2 rings (SSSR count). The molecule has 1 aliphatic heterocycles. The van der Waals surface area contributed by atoms with Gasteiger partial charge < -0.3 is 10.6 Å². The van der Waals surface area contributed by atoms with Crippen LogP contribution >= 0.6 is 12.2 Å². The first kappa shape index (κ1) is 12.8. The molecule has 1 atom stereocenters. The molecule has 96 valence electrons. The van der Waals surface area contributed by atoms with Crippen LogP contribution in [0.3, 0.4) is 0 Å². The normalized spacial score (nSPS) is 27.9. The lowest BCUT2D eigenvalue weighted by Crippen LogP contribution is -2.46. The molecule has 0 unspecified atom stereocenters. The van der Waals surface area contributed by atoms with Crippen molar-refractivity contribution in [1.82, 2.24) is 10.6 Å². The van der Waals surface area contributed by atoms with Crippen LogP contribution in [0.15, 0.2) is 11.5 Å². The monoisotopic (exact) mass is 274 g/mol. The van der Waals surface area contributed by atoms with Gasteiger partial charge in [-0.3, -0.25) is 0 Å². The highest BCUT2D eigenvalue weighted by atomic mass is 32.2.